The van der Waals surface area contributed by atoms with Gasteiger partial charge in [-0.1, -0.05) is 180 Å². The SMILES string of the molecule is CCCCCCCCCCCCC/C=C/[C@@H](O)[C@H](CO[C@@H]1O[C@H](CO)[C@@H](O[C@@H]2O[C@H](CO)[C@H](O[C@@H]3O[C@H](CO)[C@H](O)[C@H](O)[C@H]3NC(C)=O)[C@H](O[C@@H]3O[C@H](CO)[C@@H](O)[C@H](O[C@@H]4O[C@H](CO)[C@H](O[C@@H]5O[C@H](CO)[C@H](O)[C@H](O)[C@H]5NC(C)=O)[C@H](O[C@]5(C(=O)O)C[C@H](O)[C@@H](NC(C)=O)[C@H]([C@H](O)[C@H](O)CO)O5)[C@H]4O)[C@H]3NC(C)=O)[C@H]2O)[C@H](O)[C@H]1O)NC(=O)CCCCCCCCCCCCCCCCC. The first kappa shape index (κ1) is 117. The number of aliphatic carboxylic acids is 1. The molecule has 26 N–H and O–H groups in total. The lowest BCUT2D eigenvalue weighted by Gasteiger charge is -2.53. The first-order valence-corrected chi connectivity index (χ1v) is 48.1. The molecule has 46 nitrogen and oxygen atoms in total. The smallest absolute Gasteiger partial charge is 0.364 e. The lowest BCUT2D eigenvalue weighted by atomic mass is 9.88. The van der Waals surface area contributed by atoms with Crippen LogP contribution in [0.15, 0.2) is 12.2 Å². The summed E-state index contributed by atoms with van der Waals surface area (Å²) in [6.45, 7) is -0.693. The normalized spacial score (nSPS) is 36.7. The standard InChI is InChI=1S/C89H157N5O41/c1-7-9-11-13-15-17-19-21-22-24-26-28-30-32-34-36-60(109)94-50(51(106)35-33-31-29-27-25-23-20-18-16-14-12-10-8-2)45-122-85-72(117)71(116)75(57(42-99)126-85)129-86-73(118)80(76(58(43-100)127-86)130-82-62(91-47(4)103)69(114)66(111)54(39-96)123-82)133-84-64(93-49(6)105)78(68(113)56(41-98)125-84)132-87-74(119)81(77(59(44-101)128-87)131-83-63(92-48(5)104)70(115)67(112)55(40-97)124-83)135-89(88(120)121)37-52(107)61(90-46(3)102)79(134-89)65(110)53(108)38-95/h33,35,50-59,61-87,95-101,106-108,110-119H,7-32,34,36-45H2,1-6H3,(H,90,102)(H,91,103)(H,92,104)(H,93,105)(H,94,109)(H,120,121)/b35-33+/t50-,51+,52-,53+,54+,55+,56+,57+,58+,59+,61+,62+,63+,64+,65+,66-,67-,68+,69+,70+,71+,72+,73+,74+,75+,76-,77-,78+,79+,80+,81+,82-,83-,84-,85+,86-,87-,89-/m0/s1. The summed E-state index contributed by atoms with van der Waals surface area (Å²) < 4.78 is 86.3. The number of hydrogen-bond acceptors (Lipinski definition) is 40. The zero-order valence-corrected chi connectivity index (χ0v) is 78.2. The molecule has 38 atom stereocenters. The van der Waals surface area contributed by atoms with Gasteiger partial charge in [0.15, 0.2) is 37.7 Å². The van der Waals surface area contributed by atoms with E-state index >= 15 is 0 Å². The molecular formula is C89H157N5O41. The molecule has 784 valence electrons. The van der Waals surface area contributed by atoms with E-state index in [2.05, 4.69) is 40.4 Å². The highest BCUT2D eigenvalue weighted by Gasteiger charge is 2.64. The van der Waals surface area contributed by atoms with Crippen LogP contribution in [-0.2, 0) is 95.1 Å². The summed E-state index contributed by atoms with van der Waals surface area (Å²) >= 11 is 0. The van der Waals surface area contributed by atoms with Crippen LogP contribution in [0.2, 0.25) is 0 Å². The number of amides is 5. The van der Waals surface area contributed by atoms with E-state index in [0.717, 1.165) is 91.9 Å². The average molecular weight is 1950 g/mol. The van der Waals surface area contributed by atoms with Crippen LogP contribution in [0.3, 0.4) is 0 Å². The van der Waals surface area contributed by atoms with Gasteiger partial charge in [0.05, 0.1) is 77.1 Å². The second-order valence-corrected chi connectivity index (χ2v) is 36.4. The summed E-state index contributed by atoms with van der Waals surface area (Å²) in [5.74, 6) is -9.92. The number of hydrogen-bond donors (Lipinski definition) is 26. The Balaban J connectivity index is 1.20. The molecule has 46 heteroatoms. The van der Waals surface area contributed by atoms with Crippen LogP contribution in [0.4, 0.5) is 0 Å². The Labute approximate surface area is 786 Å². The quantitative estimate of drug-likeness (QED) is 0.0200. The number of aliphatic hydroxyl groups excluding tert-OH is 20. The van der Waals surface area contributed by atoms with E-state index < -0.39 is 327 Å². The minimum absolute atomic E-state index is 0.103. The molecule has 7 saturated heterocycles. The van der Waals surface area contributed by atoms with Gasteiger partial charge >= 0.3 is 5.97 Å². The van der Waals surface area contributed by atoms with E-state index in [1.807, 2.05) is 0 Å². The van der Waals surface area contributed by atoms with Gasteiger partial charge in [0.25, 0.3) is 5.79 Å². The van der Waals surface area contributed by atoms with Crippen LogP contribution in [0, 0.1) is 0 Å². The third kappa shape index (κ3) is 34.2. The molecule has 7 rings (SSSR count). The van der Waals surface area contributed by atoms with Gasteiger partial charge in [-0.15, -0.1) is 0 Å². The van der Waals surface area contributed by atoms with Gasteiger partial charge in [-0.25, -0.2) is 4.79 Å². The lowest BCUT2D eigenvalue weighted by Crippen LogP contribution is -2.73. The molecule has 7 aliphatic rings. The van der Waals surface area contributed by atoms with Crippen molar-refractivity contribution in [1.29, 1.82) is 0 Å². The van der Waals surface area contributed by atoms with Crippen molar-refractivity contribution in [2.24, 2.45) is 0 Å². The van der Waals surface area contributed by atoms with Gasteiger partial charge in [0.1, 0.15) is 165 Å². The van der Waals surface area contributed by atoms with Crippen molar-refractivity contribution in [3.05, 3.63) is 12.2 Å². The highest BCUT2D eigenvalue weighted by Crippen LogP contribution is 2.43. The van der Waals surface area contributed by atoms with Crippen molar-refractivity contribution < 1.29 is 202 Å². The highest BCUT2D eigenvalue weighted by molar-refractivity contribution is 5.77. The molecule has 0 aliphatic carbocycles. The molecule has 0 unspecified atom stereocenters. The number of carboxylic acid groups (broad SMARTS) is 1. The predicted octanol–water partition coefficient (Wildman–Crippen LogP) is -5.11. The number of carbonyl (C=O) groups excluding carboxylic acids is 5. The third-order valence-electron chi connectivity index (χ3n) is 25.6. The summed E-state index contributed by atoms with van der Waals surface area (Å²) in [6.07, 6.45) is -37.4. The molecule has 0 aromatic carbocycles. The second kappa shape index (κ2) is 60.0. The summed E-state index contributed by atoms with van der Waals surface area (Å²) in [5.41, 5.74) is 0. The molecule has 0 aromatic heterocycles. The number of aliphatic hydroxyl groups is 20. The van der Waals surface area contributed by atoms with E-state index in [0.29, 0.717) is 12.8 Å². The molecule has 0 aromatic rings. The Kier molecular flexibility index (Phi) is 52.0. The first-order chi connectivity index (χ1) is 64.5. The molecule has 5 amide bonds. The summed E-state index contributed by atoms with van der Waals surface area (Å²) in [7, 11) is 0. The van der Waals surface area contributed by atoms with Crippen molar-refractivity contribution in [3.8, 4) is 0 Å². The first-order valence-electron chi connectivity index (χ1n) is 48.1. The lowest BCUT2D eigenvalue weighted by molar-refractivity contribution is -0.404. The van der Waals surface area contributed by atoms with Gasteiger partial charge in [0.2, 0.25) is 29.5 Å². The monoisotopic (exact) mass is 1950 g/mol. The highest BCUT2D eigenvalue weighted by atomic mass is 16.8. The van der Waals surface area contributed by atoms with Crippen LogP contribution in [0.1, 0.15) is 228 Å². The summed E-state index contributed by atoms with van der Waals surface area (Å²) in [6, 6.07) is -8.91. The van der Waals surface area contributed by atoms with Crippen molar-refractivity contribution in [3.63, 3.8) is 0 Å². The van der Waals surface area contributed by atoms with E-state index in [1.54, 1.807) is 6.08 Å². The van der Waals surface area contributed by atoms with Crippen LogP contribution in [0.5, 0.6) is 0 Å². The van der Waals surface area contributed by atoms with Crippen molar-refractivity contribution in [1.82, 2.24) is 26.6 Å². The molecule has 7 heterocycles. The van der Waals surface area contributed by atoms with E-state index in [4.69, 9.17) is 66.3 Å². The zero-order valence-electron chi connectivity index (χ0n) is 78.2. The molecule has 0 bridgehead atoms. The summed E-state index contributed by atoms with van der Waals surface area (Å²) in [4.78, 5) is 79.7. The maximum Gasteiger partial charge on any atom is 0.364 e. The number of carbonyl (C=O) groups is 6. The third-order valence-corrected chi connectivity index (χ3v) is 25.6. The van der Waals surface area contributed by atoms with Crippen molar-refractivity contribution in [2.75, 3.05) is 52.9 Å². The Morgan fingerprint density at radius 1 is 0.385 bits per heavy atom. The average Bonchev–Trinajstić information content (AvgIpc) is 0.741. The molecular weight excluding hydrogens is 1790 g/mol. The topological polar surface area (TPSA) is 717 Å². The van der Waals surface area contributed by atoms with Crippen molar-refractivity contribution >= 4 is 35.5 Å². The van der Waals surface area contributed by atoms with Crippen LogP contribution >= 0.6 is 0 Å². The zero-order chi connectivity index (χ0) is 99.3. The number of allylic oxidation sites excluding steroid dienone is 1. The fourth-order valence-electron chi connectivity index (χ4n) is 18.1. The van der Waals surface area contributed by atoms with Gasteiger partial charge in [0, 0.05) is 40.5 Å². The van der Waals surface area contributed by atoms with Crippen LogP contribution < -0.4 is 26.6 Å². The molecule has 0 spiro atoms. The maximum absolute atomic E-state index is 14.0. The van der Waals surface area contributed by atoms with Gasteiger partial charge < -0.3 is 200 Å². The van der Waals surface area contributed by atoms with E-state index in [9.17, 15) is 136 Å². The van der Waals surface area contributed by atoms with Crippen LogP contribution in [0.25, 0.3) is 0 Å². The second-order valence-electron chi connectivity index (χ2n) is 36.4. The van der Waals surface area contributed by atoms with Crippen LogP contribution in [-0.4, -0.2) is 428 Å². The maximum atomic E-state index is 14.0. The molecule has 135 heavy (non-hydrogen) atoms. The van der Waals surface area contributed by atoms with Gasteiger partial charge in [-0.2, -0.15) is 0 Å². The predicted molar refractivity (Wildman–Crippen MR) is 467 cm³/mol. The Bertz CT molecular complexity index is 3430. The molecule has 0 radical (unpaired) electrons. The fraction of sp³-hybridized carbons (Fsp3) is 0.910. The summed E-state index contributed by atoms with van der Waals surface area (Å²) in [5, 5.41) is 253. The van der Waals surface area contributed by atoms with Gasteiger partial charge in [-0.3, -0.25) is 24.0 Å². The molecule has 7 aliphatic heterocycles. The Morgan fingerprint density at radius 2 is 0.748 bits per heavy atom. The van der Waals surface area contributed by atoms with E-state index in [1.165, 1.54) is 102 Å². The number of rotatable bonds is 60. The van der Waals surface area contributed by atoms with Crippen molar-refractivity contribution in [2.45, 2.75) is 460 Å². The van der Waals surface area contributed by atoms with Gasteiger partial charge in [-0.05, 0) is 19.3 Å². The number of nitrogens with one attached hydrogen (secondary N) is 5. The fourth-order valence-corrected chi connectivity index (χ4v) is 18.1. The van der Waals surface area contributed by atoms with E-state index in [-0.39, 0.29) is 6.42 Å². The Morgan fingerprint density at radius 3 is 1.19 bits per heavy atom. The largest absolute Gasteiger partial charge is 0.477 e. The molecule has 7 fully saturated rings. The Hall–Kier alpha value is -4.80. The number of ether oxygens (including phenoxy) is 14. The minimum atomic E-state index is -3.49. The molecule has 0 saturated carbocycles. The minimum Gasteiger partial charge on any atom is -0.477 e. The number of carboxylic acids is 1. The number of unbranched alkanes of at least 4 members (excludes halogenated alkanes) is 25.